The van der Waals surface area contributed by atoms with Crippen molar-refractivity contribution in [1.82, 2.24) is 4.90 Å². The molecule has 0 aliphatic heterocycles. The summed E-state index contributed by atoms with van der Waals surface area (Å²) in [5.41, 5.74) is 6.77. The molecule has 0 amide bonds. The number of benzene rings is 1. The van der Waals surface area contributed by atoms with Gasteiger partial charge in [0.05, 0.1) is 0 Å². The summed E-state index contributed by atoms with van der Waals surface area (Å²) in [6.45, 7) is 4.54. The minimum atomic E-state index is 0.532. The molecular formula is C15H24N2O. The van der Waals surface area contributed by atoms with Crippen molar-refractivity contribution in [2.45, 2.75) is 32.4 Å². The quantitative estimate of drug-likeness (QED) is 0.804. The fraction of sp³-hybridized carbons (Fsp3) is 0.600. The molecule has 2 N–H and O–H groups in total. The Bertz CT molecular complexity index is 377. The van der Waals surface area contributed by atoms with E-state index in [9.17, 15) is 0 Å². The van der Waals surface area contributed by atoms with Crippen molar-refractivity contribution in [3.8, 4) is 5.75 Å². The van der Waals surface area contributed by atoms with Gasteiger partial charge in [0, 0.05) is 24.7 Å². The minimum Gasteiger partial charge on any atom is -0.492 e. The zero-order valence-corrected chi connectivity index (χ0v) is 11.4. The van der Waals surface area contributed by atoms with Gasteiger partial charge in [0.15, 0.2) is 0 Å². The second-order valence-electron chi connectivity index (χ2n) is 5.22. The summed E-state index contributed by atoms with van der Waals surface area (Å²) in [7, 11) is 2.18. The van der Waals surface area contributed by atoms with Gasteiger partial charge in [-0.25, -0.2) is 0 Å². The molecule has 0 bridgehead atoms. The molecule has 0 spiro atoms. The number of ether oxygens (including phenoxy) is 1. The van der Waals surface area contributed by atoms with Crippen LogP contribution in [0.2, 0.25) is 0 Å². The Morgan fingerprint density at radius 2 is 2.11 bits per heavy atom. The first-order valence-electron chi connectivity index (χ1n) is 6.83. The largest absolute Gasteiger partial charge is 0.492 e. The molecule has 3 nitrogen and oxygen atoms in total. The van der Waals surface area contributed by atoms with Crippen LogP contribution in [0.1, 0.15) is 25.3 Å². The average Bonchev–Trinajstić information content (AvgIpc) is 3.22. The first-order valence-corrected chi connectivity index (χ1v) is 6.83. The second kappa shape index (κ2) is 6.21. The SMILES string of the molecule is CC(C1CC1)N(C)CCOc1ccccc1CN. The number of hydrogen-bond acceptors (Lipinski definition) is 3. The molecule has 1 saturated carbocycles. The first-order chi connectivity index (χ1) is 8.72. The van der Waals surface area contributed by atoms with Crippen LogP contribution in [0.25, 0.3) is 0 Å². The van der Waals surface area contributed by atoms with E-state index in [2.05, 4.69) is 18.9 Å². The van der Waals surface area contributed by atoms with E-state index in [0.29, 0.717) is 12.6 Å². The Kier molecular flexibility index (Phi) is 4.61. The maximum atomic E-state index is 5.83. The number of hydrogen-bond donors (Lipinski definition) is 1. The molecule has 2 rings (SSSR count). The Morgan fingerprint density at radius 3 is 2.78 bits per heavy atom. The summed E-state index contributed by atoms with van der Waals surface area (Å²) in [5, 5.41) is 0. The van der Waals surface area contributed by atoms with Gasteiger partial charge in [-0.1, -0.05) is 18.2 Å². The molecule has 0 aromatic heterocycles. The van der Waals surface area contributed by atoms with Gasteiger partial charge in [0.2, 0.25) is 0 Å². The molecule has 0 saturated heterocycles. The van der Waals surface area contributed by atoms with Gasteiger partial charge in [-0.3, -0.25) is 0 Å². The Morgan fingerprint density at radius 1 is 1.39 bits per heavy atom. The van der Waals surface area contributed by atoms with Crippen LogP contribution in [0.5, 0.6) is 5.75 Å². The van der Waals surface area contributed by atoms with Crippen LogP contribution in [0.3, 0.4) is 0 Å². The van der Waals surface area contributed by atoms with Crippen LogP contribution in [0.15, 0.2) is 24.3 Å². The molecule has 1 aromatic rings. The molecule has 100 valence electrons. The van der Waals surface area contributed by atoms with E-state index < -0.39 is 0 Å². The monoisotopic (exact) mass is 248 g/mol. The average molecular weight is 248 g/mol. The number of para-hydroxylation sites is 1. The lowest BCUT2D eigenvalue weighted by Crippen LogP contribution is -2.34. The van der Waals surface area contributed by atoms with Crippen molar-refractivity contribution < 1.29 is 4.74 Å². The summed E-state index contributed by atoms with van der Waals surface area (Å²) in [6, 6.07) is 8.68. The Balaban J connectivity index is 1.77. The molecule has 1 aromatic carbocycles. The van der Waals surface area contributed by atoms with Gasteiger partial charge in [0.25, 0.3) is 0 Å². The molecule has 0 heterocycles. The molecule has 1 unspecified atom stereocenters. The topological polar surface area (TPSA) is 38.5 Å². The van der Waals surface area contributed by atoms with Crippen molar-refractivity contribution in [3.05, 3.63) is 29.8 Å². The van der Waals surface area contributed by atoms with Crippen LogP contribution < -0.4 is 10.5 Å². The molecule has 0 radical (unpaired) electrons. The maximum Gasteiger partial charge on any atom is 0.123 e. The highest BCUT2D eigenvalue weighted by Crippen LogP contribution is 2.34. The van der Waals surface area contributed by atoms with E-state index >= 15 is 0 Å². The van der Waals surface area contributed by atoms with Gasteiger partial charge in [0.1, 0.15) is 12.4 Å². The standard InChI is InChI=1S/C15H24N2O/c1-12(13-7-8-13)17(2)9-10-18-15-6-4-3-5-14(15)11-16/h3-6,12-13H,7-11,16H2,1-2H3. The molecule has 1 atom stereocenters. The van der Waals surface area contributed by atoms with Crippen molar-refractivity contribution in [2.75, 3.05) is 20.2 Å². The van der Waals surface area contributed by atoms with E-state index in [1.807, 2.05) is 24.3 Å². The van der Waals surface area contributed by atoms with Crippen molar-refractivity contribution in [1.29, 1.82) is 0 Å². The Hall–Kier alpha value is -1.06. The minimum absolute atomic E-state index is 0.532. The second-order valence-corrected chi connectivity index (χ2v) is 5.22. The molecule has 3 heteroatoms. The molecular weight excluding hydrogens is 224 g/mol. The summed E-state index contributed by atoms with van der Waals surface area (Å²) in [6.07, 6.45) is 2.78. The van der Waals surface area contributed by atoms with Gasteiger partial charge in [-0.2, -0.15) is 0 Å². The number of likely N-dealkylation sites (N-methyl/N-ethyl adjacent to an activating group) is 1. The van der Waals surface area contributed by atoms with E-state index in [1.165, 1.54) is 12.8 Å². The van der Waals surface area contributed by atoms with Gasteiger partial charge >= 0.3 is 0 Å². The molecule has 1 fully saturated rings. The molecule has 1 aliphatic carbocycles. The number of nitrogens with zero attached hydrogens (tertiary/aromatic N) is 1. The van der Waals surface area contributed by atoms with Crippen molar-refractivity contribution >= 4 is 0 Å². The third kappa shape index (κ3) is 3.47. The Labute approximate surface area is 110 Å². The van der Waals surface area contributed by atoms with Gasteiger partial charge in [-0.15, -0.1) is 0 Å². The fourth-order valence-electron chi connectivity index (χ4n) is 2.26. The van der Waals surface area contributed by atoms with E-state index in [1.54, 1.807) is 0 Å². The summed E-state index contributed by atoms with van der Waals surface area (Å²) < 4.78 is 5.83. The van der Waals surface area contributed by atoms with Crippen molar-refractivity contribution in [3.63, 3.8) is 0 Å². The lowest BCUT2D eigenvalue weighted by molar-refractivity contribution is 0.186. The van der Waals surface area contributed by atoms with Crippen LogP contribution >= 0.6 is 0 Å². The van der Waals surface area contributed by atoms with E-state index in [-0.39, 0.29) is 0 Å². The maximum absolute atomic E-state index is 5.83. The van der Waals surface area contributed by atoms with Gasteiger partial charge < -0.3 is 15.4 Å². The highest BCUT2D eigenvalue weighted by molar-refractivity contribution is 5.32. The number of rotatable bonds is 7. The molecule has 1 aliphatic rings. The van der Waals surface area contributed by atoms with Crippen LogP contribution in [-0.4, -0.2) is 31.1 Å². The highest BCUT2D eigenvalue weighted by Gasteiger charge is 2.30. The fourth-order valence-corrected chi connectivity index (χ4v) is 2.26. The van der Waals surface area contributed by atoms with Crippen LogP contribution in [-0.2, 0) is 6.54 Å². The lowest BCUT2D eigenvalue weighted by Gasteiger charge is -2.24. The summed E-state index contributed by atoms with van der Waals surface area (Å²) in [4.78, 5) is 2.39. The van der Waals surface area contributed by atoms with Gasteiger partial charge in [-0.05, 0) is 38.8 Å². The molecule has 18 heavy (non-hydrogen) atoms. The predicted octanol–water partition coefficient (Wildman–Crippen LogP) is 2.25. The lowest BCUT2D eigenvalue weighted by atomic mass is 10.2. The normalized spacial score (nSPS) is 16.9. The summed E-state index contributed by atoms with van der Waals surface area (Å²) in [5.74, 6) is 1.83. The first kappa shape index (κ1) is 13.4. The summed E-state index contributed by atoms with van der Waals surface area (Å²) >= 11 is 0. The third-order valence-corrected chi connectivity index (χ3v) is 3.89. The third-order valence-electron chi connectivity index (χ3n) is 3.89. The predicted molar refractivity (Wildman–Crippen MR) is 74.6 cm³/mol. The van der Waals surface area contributed by atoms with E-state index in [4.69, 9.17) is 10.5 Å². The zero-order valence-electron chi connectivity index (χ0n) is 11.4. The van der Waals surface area contributed by atoms with Crippen LogP contribution in [0.4, 0.5) is 0 Å². The zero-order chi connectivity index (χ0) is 13.0. The van der Waals surface area contributed by atoms with Crippen LogP contribution in [0, 0.1) is 5.92 Å². The number of nitrogens with two attached hydrogens (primary N) is 1. The van der Waals surface area contributed by atoms with Crippen molar-refractivity contribution in [2.24, 2.45) is 11.7 Å². The van der Waals surface area contributed by atoms with E-state index in [0.717, 1.165) is 30.4 Å². The smallest absolute Gasteiger partial charge is 0.123 e. The highest BCUT2D eigenvalue weighted by atomic mass is 16.5.